The molecule has 0 aliphatic rings. The molecule has 1 N–H and O–H groups in total. The van der Waals surface area contributed by atoms with Crippen molar-refractivity contribution in [3.63, 3.8) is 0 Å². The monoisotopic (exact) mass is 263 g/mol. The first-order valence-electron chi connectivity index (χ1n) is 7.70. The fourth-order valence-corrected chi connectivity index (χ4v) is 2.36. The molecule has 0 heterocycles. The summed E-state index contributed by atoms with van der Waals surface area (Å²) in [5.74, 6) is 0. The fourth-order valence-electron chi connectivity index (χ4n) is 2.36. The molecule has 0 fully saturated rings. The molecule has 1 rings (SSSR count). The van der Waals surface area contributed by atoms with E-state index in [2.05, 4.69) is 50.4 Å². The van der Waals surface area contributed by atoms with E-state index in [9.17, 15) is 0 Å². The Kier molecular flexibility index (Phi) is 8.52. The topological polar surface area (TPSA) is 21.3 Å². The number of benzene rings is 1. The first kappa shape index (κ1) is 16.2. The molecule has 0 saturated heterocycles. The average molecular weight is 263 g/mol. The van der Waals surface area contributed by atoms with Gasteiger partial charge in [0, 0.05) is 6.04 Å². The minimum atomic E-state index is 0.312. The summed E-state index contributed by atoms with van der Waals surface area (Å²) in [6, 6.07) is 10.9. The third-order valence-electron chi connectivity index (χ3n) is 3.41. The first-order valence-corrected chi connectivity index (χ1v) is 7.70. The van der Waals surface area contributed by atoms with Crippen molar-refractivity contribution in [1.29, 1.82) is 0 Å². The van der Waals surface area contributed by atoms with Crippen LogP contribution in [0.3, 0.4) is 0 Å². The van der Waals surface area contributed by atoms with E-state index < -0.39 is 0 Å². The number of rotatable bonds is 10. The first-order chi connectivity index (χ1) is 9.31. The summed E-state index contributed by atoms with van der Waals surface area (Å²) in [6.45, 7) is 8.46. The van der Waals surface area contributed by atoms with Crippen molar-refractivity contribution in [3.8, 4) is 0 Å². The maximum Gasteiger partial charge on any atom is 0.0729 e. The number of nitrogens with one attached hydrogen (secondary N) is 1. The van der Waals surface area contributed by atoms with Crippen LogP contribution < -0.4 is 5.32 Å². The number of ether oxygens (including phenoxy) is 1. The van der Waals surface area contributed by atoms with Crippen LogP contribution in [0.1, 0.15) is 52.0 Å². The lowest BCUT2D eigenvalue weighted by Gasteiger charge is -2.27. The molecule has 2 atom stereocenters. The third-order valence-corrected chi connectivity index (χ3v) is 3.41. The minimum absolute atomic E-state index is 0.312. The van der Waals surface area contributed by atoms with Crippen molar-refractivity contribution in [2.24, 2.45) is 0 Å². The molecular weight excluding hydrogens is 234 g/mol. The molecule has 2 unspecified atom stereocenters. The Morgan fingerprint density at radius 2 is 1.79 bits per heavy atom. The van der Waals surface area contributed by atoms with E-state index >= 15 is 0 Å². The van der Waals surface area contributed by atoms with Gasteiger partial charge in [-0.3, -0.25) is 0 Å². The molecule has 0 aliphatic heterocycles. The normalized spacial score (nSPS) is 14.3. The highest BCUT2D eigenvalue weighted by molar-refractivity contribution is 5.13. The van der Waals surface area contributed by atoms with Crippen molar-refractivity contribution in [3.05, 3.63) is 35.9 Å². The lowest BCUT2D eigenvalue weighted by molar-refractivity contribution is 0.0102. The van der Waals surface area contributed by atoms with Gasteiger partial charge in [0.25, 0.3) is 0 Å². The van der Waals surface area contributed by atoms with Gasteiger partial charge in [-0.2, -0.15) is 0 Å². The van der Waals surface area contributed by atoms with Crippen LogP contribution in [0.25, 0.3) is 0 Å². The second-order valence-electron chi connectivity index (χ2n) is 5.09. The van der Waals surface area contributed by atoms with Crippen LogP contribution in [0.15, 0.2) is 30.3 Å². The van der Waals surface area contributed by atoms with Crippen LogP contribution >= 0.6 is 0 Å². The number of hydrogen-bond acceptors (Lipinski definition) is 2. The minimum Gasteiger partial charge on any atom is -0.372 e. The Morgan fingerprint density at radius 3 is 2.37 bits per heavy atom. The fraction of sp³-hybridized carbons (Fsp3) is 0.647. The summed E-state index contributed by atoms with van der Waals surface area (Å²) in [6.07, 6.45) is 4.94. The van der Waals surface area contributed by atoms with Gasteiger partial charge < -0.3 is 10.1 Å². The van der Waals surface area contributed by atoms with Crippen LogP contribution in [0, 0.1) is 0 Å². The molecule has 0 amide bonds. The SMILES string of the molecule is CCCNC(CCC)C(CC)OCc1ccccc1. The Balaban J connectivity index is 2.48. The third kappa shape index (κ3) is 6.22. The molecule has 2 nitrogen and oxygen atoms in total. The second-order valence-corrected chi connectivity index (χ2v) is 5.09. The van der Waals surface area contributed by atoms with E-state index in [4.69, 9.17) is 4.74 Å². The Labute approximate surface area is 118 Å². The lowest BCUT2D eigenvalue weighted by Crippen LogP contribution is -2.41. The molecule has 1 aromatic carbocycles. The zero-order valence-electron chi connectivity index (χ0n) is 12.7. The highest BCUT2D eigenvalue weighted by Crippen LogP contribution is 2.13. The van der Waals surface area contributed by atoms with Crippen LogP contribution in [0.5, 0.6) is 0 Å². The lowest BCUT2D eigenvalue weighted by atomic mass is 10.0. The summed E-state index contributed by atoms with van der Waals surface area (Å²) in [5.41, 5.74) is 1.26. The van der Waals surface area contributed by atoms with E-state index in [1.165, 1.54) is 24.8 Å². The maximum atomic E-state index is 6.13. The Hall–Kier alpha value is -0.860. The van der Waals surface area contributed by atoms with Gasteiger partial charge in [-0.25, -0.2) is 0 Å². The predicted octanol–water partition coefficient (Wildman–Crippen LogP) is 4.15. The van der Waals surface area contributed by atoms with E-state index in [1.807, 2.05) is 6.07 Å². The Bertz CT molecular complexity index is 312. The molecule has 1 aromatic rings. The van der Waals surface area contributed by atoms with Gasteiger partial charge in [0.05, 0.1) is 12.7 Å². The van der Waals surface area contributed by atoms with Crippen molar-refractivity contribution in [2.75, 3.05) is 6.54 Å². The van der Waals surface area contributed by atoms with Gasteiger partial charge in [-0.05, 0) is 31.4 Å². The van der Waals surface area contributed by atoms with E-state index in [1.54, 1.807) is 0 Å². The van der Waals surface area contributed by atoms with E-state index in [-0.39, 0.29) is 0 Å². The van der Waals surface area contributed by atoms with Crippen LogP contribution in [0.2, 0.25) is 0 Å². The standard InChI is InChI=1S/C17H29NO/c1-4-10-16(18-13-5-2)17(6-3)19-14-15-11-8-7-9-12-15/h7-9,11-12,16-18H,4-6,10,13-14H2,1-3H3. The quantitative estimate of drug-likeness (QED) is 0.684. The Morgan fingerprint density at radius 1 is 1.05 bits per heavy atom. The highest BCUT2D eigenvalue weighted by atomic mass is 16.5. The molecule has 2 heteroatoms. The molecular formula is C17H29NO. The molecule has 108 valence electrons. The summed E-state index contributed by atoms with van der Waals surface area (Å²) < 4.78 is 6.13. The summed E-state index contributed by atoms with van der Waals surface area (Å²) in [7, 11) is 0. The molecule has 0 aliphatic carbocycles. The van der Waals surface area contributed by atoms with Gasteiger partial charge in [-0.1, -0.05) is 57.5 Å². The molecule has 0 aromatic heterocycles. The smallest absolute Gasteiger partial charge is 0.0729 e. The van der Waals surface area contributed by atoms with Gasteiger partial charge in [0.1, 0.15) is 0 Å². The van der Waals surface area contributed by atoms with Crippen molar-refractivity contribution in [2.45, 2.75) is 65.2 Å². The molecule has 0 radical (unpaired) electrons. The van der Waals surface area contributed by atoms with Crippen LogP contribution in [-0.4, -0.2) is 18.7 Å². The molecule has 0 spiro atoms. The number of hydrogen-bond donors (Lipinski definition) is 1. The summed E-state index contributed by atoms with van der Waals surface area (Å²) >= 11 is 0. The van der Waals surface area contributed by atoms with Gasteiger partial charge >= 0.3 is 0 Å². The highest BCUT2D eigenvalue weighted by Gasteiger charge is 2.19. The zero-order chi connectivity index (χ0) is 13.9. The van der Waals surface area contributed by atoms with E-state index in [0.29, 0.717) is 18.8 Å². The molecule has 0 bridgehead atoms. The summed E-state index contributed by atoms with van der Waals surface area (Å²) in [5, 5.41) is 3.63. The maximum absolute atomic E-state index is 6.13. The molecule has 0 saturated carbocycles. The average Bonchev–Trinajstić information content (AvgIpc) is 2.46. The second kappa shape index (κ2) is 9.99. The zero-order valence-corrected chi connectivity index (χ0v) is 12.7. The van der Waals surface area contributed by atoms with E-state index in [0.717, 1.165) is 13.0 Å². The van der Waals surface area contributed by atoms with Gasteiger partial charge in [-0.15, -0.1) is 0 Å². The largest absolute Gasteiger partial charge is 0.372 e. The molecule has 19 heavy (non-hydrogen) atoms. The van der Waals surface area contributed by atoms with Crippen LogP contribution in [-0.2, 0) is 11.3 Å². The predicted molar refractivity (Wildman–Crippen MR) is 82.3 cm³/mol. The van der Waals surface area contributed by atoms with Gasteiger partial charge in [0.15, 0.2) is 0 Å². The van der Waals surface area contributed by atoms with Crippen molar-refractivity contribution in [1.82, 2.24) is 5.32 Å². The van der Waals surface area contributed by atoms with Crippen molar-refractivity contribution >= 4 is 0 Å². The van der Waals surface area contributed by atoms with Crippen LogP contribution in [0.4, 0.5) is 0 Å². The van der Waals surface area contributed by atoms with Crippen molar-refractivity contribution < 1.29 is 4.74 Å². The van der Waals surface area contributed by atoms with Gasteiger partial charge in [0.2, 0.25) is 0 Å². The summed E-state index contributed by atoms with van der Waals surface area (Å²) in [4.78, 5) is 0.